The van der Waals surface area contributed by atoms with Crippen molar-refractivity contribution in [2.75, 3.05) is 31.3 Å². The molecule has 0 aromatic heterocycles. The van der Waals surface area contributed by atoms with Gasteiger partial charge in [0.05, 0.1) is 22.6 Å². The molecule has 8 nitrogen and oxygen atoms in total. The minimum Gasteiger partial charge on any atom is -0.449 e. The number of benzene rings is 1. The van der Waals surface area contributed by atoms with Crippen LogP contribution in [0.4, 0.5) is 14.9 Å². The maximum Gasteiger partial charge on any atom is 0.328 e. The first-order valence-electron chi connectivity index (χ1n) is 11.1. The van der Waals surface area contributed by atoms with Crippen molar-refractivity contribution in [1.29, 1.82) is 0 Å². The highest BCUT2D eigenvalue weighted by molar-refractivity contribution is 6.22. The number of amides is 3. The maximum atomic E-state index is 13.8. The molecule has 1 aromatic carbocycles. The van der Waals surface area contributed by atoms with Gasteiger partial charge in [0, 0.05) is 19.6 Å². The molecule has 1 aliphatic carbocycles. The quantitative estimate of drug-likeness (QED) is 0.672. The Bertz CT molecular complexity index is 922. The van der Waals surface area contributed by atoms with Gasteiger partial charge in [0.25, 0.3) is 0 Å². The number of aliphatic hydroxyl groups is 1. The molecule has 2 heterocycles. The van der Waals surface area contributed by atoms with E-state index in [4.69, 9.17) is 4.74 Å². The molecule has 0 bridgehead atoms. The molecule has 0 radical (unpaired) electrons. The number of halogens is 1. The number of carbonyl (C=O) groups is 3. The first-order chi connectivity index (χ1) is 15.1. The highest BCUT2D eigenvalue weighted by Crippen LogP contribution is 2.41. The third-order valence-corrected chi connectivity index (χ3v) is 7.00. The van der Waals surface area contributed by atoms with Crippen molar-refractivity contribution in [3.05, 3.63) is 29.6 Å². The van der Waals surface area contributed by atoms with Gasteiger partial charge in [-0.15, -0.1) is 0 Å². The zero-order chi connectivity index (χ0) is 23.1. The van der Waals surface area contributed by atoms with E-state index in [1.54, 1.807) is 13.8 Å². The van der Waals surface area contributed by atoms with Crippen LogP contribution in [0.5, 0.6) is 0 Å². The van der Waals surface area contributed by atoms with E-state index in [0.717, 1.165) is 24.2 Å². The van der Waals surface area contributed by atoms with E-state index in [-0.39, 0.29) is 30.9 Å². The summed E-state index contributed by atoms with van der Waals surface area (Å²) >= 11 is 0. The van der Waals surface area contributed by atoms with Gasteiger partial charge in [-0.2, -0.15) is 0 Å². The summed E-state index contributed by atoms with van der Waals surface area (Å²) in [5.41, 5.74) is -1.26. The first-order valence-corrected chi connectivity index (χ1v) is 11.1. The van der Waals surface area contributed by atoms with E-state index in [0.29, 0.717) is 31.5 Å². The van der Waals surface area contributed by atoms with Gasteiger partial charge in [0.1, 0.15) is 12.5 Å². The predicted octanol–water partition coefficient (Wildman–Crippen LogP) is 2.29. The Balaban J connectivity index is 1.30. The average molecular weight is 448 g/mol. The summed E-state index contributed by atoms with van der Waals surface area (Å²) < 4.78 is 19.1. The van der Waals surface area contributed by atoms with E-state index in [1.807, 2.05) is 4.90 Å². The van der Waals surface area contributed by atoms with Crippen LogP contribution in [0, 0.1) is 11.7 Å². The van der Waals surface area contributed by atoms with Gasteiger partial charge in [-0.25, -0.2) is 14.1 Å². The van der Waals surface area contributed by atoms with Gasteiger partial charge in [0.15, 0.2) is 0 Å². The number of piperidine rings is 1. The fourth-order valence-corrected chi connectivity index (χ4v) is 4.44. The molecule has 1 aromatic rings. The van der Waals surface area contributed by atoms with Crippen LogP contribution in [0.1, 0.15) is 51.5 Å². The number of likely N-dealkylation sites (tertiary alicyclic amines) is 1. The molecule has 0 atom stereocenters. The van der Waals surface area contributed by atoms with Gasteiger partial charge in [-0.1, -0.05) is 12.5 Å². The monoisotopic (exact) mass is 447 g/mol. The molecule has 0 unspecified atom stereocenters. The summed E-state index contributed by atoms with van der Waals surface area (Å²) in [7, 11) is 0. The normalized spacial score (nSPS) is 22.2. The van der Waals surface area contributed by atoms with E-state index >= 15 is 0 Å². The lowest BCUT2D eigenvalue weighted by Crippen LogP contribution is -2.54. The number of ether oxygens (including phenoxy) is 1. The van der Waals surface area contributed by atoms with Crippen LogP contribution in [0.2, 0.25) is 0 Å². The molecular formula is C23H30FN3O5. The molecule has 1 saturated heterocycles. The van der Waals surface area contributed by atoms with Crippen molar-refractivity contribution in [1.82, 2.24) is 10.2 Å². The molecule has 0 spiro atoms. The molecular weight excluding hydrogens is 417 g/mol. The highest BCUT2D eigenvalue weighted by atomic mass is 19.1. The van der Waals surface area contributed by atoms with Gasteiger partial charge in [-0.05, 0) is 57.2 Å². The SMILES string of the molecule is CC1(C)C(=O)N(C(=O)NCC2(O)CCN(COC(=O)C3CCC3)CC2)c2cc(F)ccc21. The topological polar surface area (TPSA) is 99.2 Å². The van der Waals surface area contributed by atoms with Crippen LogP contribution in [-0.2, 0) is 19.7 Å². The second kappa shape index (κ2) is 8.44. The molecule has 3 aliphatic rings. The number of fused-ring (bicyclic) bond motifs is 1. The number of nitrogens with zero attached hydrogens (tertiary/aromatic N) is 2. The number of hydrogen-bond acceptors (Lipinski definition) is 6. The van der Waals surface area contributed by atoms with Gasteiger partial charge >= 0.3 is 12.0 Å². The van der Waals surface area contributed by atoms with Gasteiger partial charge in [-0.3, -0.25) is 14.5 Å². The second-order valence-electron chi connectivity index (χ2n) is 9.65. The number of nitrogens with one attached hydrogen (secondary N) is 1. The van der Waals surface area contributed by atoms with Crippen LogP contribution >= 0.6 is 0 Å². The summed E-state index contributed by atoms with van der Waals surface area (Å²) in [5, 5.41) is 13.5. The Kier molecular flexibility index (Phi) is 5.98. The van der Waals surface area contributed by atoms with Gasteiger partial charge < -0.3 is 15.2 Å². The summed E-state index contributed by atoms with van der Waals surface area (Å²) in [5.74, 6) is -1.09. The number of anilines is 1. The molecule has 1 saturated carbocycles. The maximum absolute atomic E-state index is 13.8. The number of hydrogen-bond donors (Lipinski definition) is 2. The van der Waals surface area contributed by atoms with Crippen LogP contribution < -0.4 is 10.2 Å². The summed E-state index contributed by atoms with van der Waals surface area (Å²) in [6, 6.07) is 3.30. The lowest BCUT2D eigenvalue weighted by Gasteiger charge is -2.38. The minimum absolute atomic E-state index is 0.0313. The Labute approximate surface area is 186 Å². The first kappa shape index (κ1) is 22.7. The lowest BCUT2D eigenvalue weighted by atomic mass is 9.86. The van der Waals surface area contributed by atoms with Crippen LogP contribution in [0.25, 0.3) is 0 Å². The number of carbonyl (C=O) groups excluding carboxylic acids is 3. The molecule has 9 heteroatoms. The van der Waals surface area contributed by atoms with Crippen molar-refractivity contribution in [3.63, 3.8) is 0 Å². The summed E-state index contributed by atoms with van der Waals surface area (Å²) in [6.45, 7) is 4.61. The van der Waals surface area contributed by atoms with Crippen LogP contribution in [-0.4, -0.2) is 59.9 Å². The van der Waals surface area contributed by atoms with Crippen LogP contribution in [0.15, 0.2) is 18.2 Å². The van der Waals surface area contributed by atoms with E-state index in [2.05, 4.69) is 5.32 Å². The fourth-order valence-electron chi connectivity index (χ4n) is 4.44. The summed E-state index contributed by atoms with van der Waals surface area (Å²) in [6.07, 6.45) is 3.64. The van der Waals surface area contributed by atoms with Crippen molar-refractivity contribution < 1.29 is 28.6 Å². The molecule has 2 fully saturated rings. The molecule has 3 amide bonds. The second-order valence-corrected chi connectivity index (χ2v) is 9.65. The van der Waals surface area contributed by atoms with E-state index in [1.165, 1.54) is 18.2 Å². The number of esters is 1. The van der Waals surface area contributed by atoms with Crippen LogP contribution in [0.3, 0.4) is 0 Å². The van der Waals surface area contributed by atoms with Crippen molar-refractivity contribution >= 4 is 23.6 Å². The Morgan fingerprint density at radius 1 is 1.25 bits per heavy atom. The lowest BCUT2D eigenvalue weighted by molar-refractivity contribution is -0.158. The summed E-state index contributed by atoms with van der Waals surface area (Å²) in [4.78, 5) is 40.5. The Hall–Kier alpha value is -2.52. The van der Waals surface area contributed by atoms with Crippen molar-refractivity contribution in [2.24, 2.45) is 5.92 Å². The van der Waals surface area contributed by atoms with E-state index < -0.39 is 28.8 Å². The van der Waals surface area contributed by atoms with Gasteiger partial charge in [0.2, 0.25) is 5.91 Å². The predicted molar refractivity (Wildman–Crippen MR) is 114 cm³/mol. The average Bonchev–Trinajstić information content (AvgIpc) is 2.90. The molecule has 32 heavy (non-hydrogen) atoms. The molecule has 4 rings (SSSR count). The number of imide groups is 1. The zero-order valence-corrected chi connectivity index (χ0v) is 18.5. The highest BCUT2D eigenvalue weighted by Gasteiger charge is 2.47. The third-order valence-electron chi connectivity index (χ3n) is 7.00. The van der Waals surface area contributed by atoms with E-state index in [9.17, 15) is 23.9 Å². The number of rotatable bonds is 5. The number of urea groups is 1. The molecule has 2 aliphatic heterocycles. The third kappa shape index (κ3) is 4.23. The van der Waals surface area contributed by atoms with Crippen molar-refractivity contribution in [3.8, 4) is 0 Å². The Morgan fingerprint density at radius 2 is 1.94 bits per heavy atom. The zero-order valence-electron chi connectivity index (χ0n) is 18.5. The standard InChI is InChI=1S/C23H30FN3O5/c1-22(2)17-7-6-16(24)12-18(17)27(20(22)29)21(30)25-13-23(31)8-10-26(11-9-23)14-32-19(28)15-4-3-5-15/h6-7,12,15,31H,3-5,8-11,13-14H2,1-2H3,(H,25,30). The molecule has 2 N–H and O–H groups in total. The smallest absolute Gasteiger partial charge is 0.328 e. The largest absolute Gasteiger partial charge is 0.449 e. The van der Waals surface area contributed by atoms with Crippen molar-refractivity contribution in [2.45, 2.75) is 57.0 Å². The Morgan fingerprint density at radius 3 is 2.56 bits per heavy atom. The molecule has 174 valence electrons. The fraction of sp³-hybridized carbons (Fsp3) is 0.609. The minimum atomic E-state index is -1.13.